The first-order valence-corrected chi connectivity index (χ1v) is 25.5. The molecule has 0 aromatic heterocycles. The van der Waals surface area contributed by atoms with E-state index in [2.05, 4.69) is 78.6 Å². The van der Waals surface area contributed by atoms with Crippen LogP contribution in [0.5, 0.6) is 0 Å². The largest absolute Gasteiger partial charge is 0.412 e. The van der Waals surface area contributed by atoms with Crippen LogP contribution >= 0.6 is 0 Å². The summed E-state index contributed by atoms with van der Waals surface area (Å²) in [5, 5.41) is 0. The highest BCUT2D eigenvalue weighted by atomic mass is 28.4. The van der Waals surface area contributed by atoms with Gasteiger partial charge in [0.1, 0.15) is 0 Å². The molecule has 0 N–H and O–H groups in total. The number of hydrogen-bond acceptors (Lipinski definition) is 4. The Morgan fingerprint density at radius 1 is 0.333 bits per heavy atom. The van der Waals surface area contributed by atoms with Crippen molar-refractivity contribution < 1.29 is 17.7 Å². The van der Waals surface area contributed by atoms with Crippen LogP contribution in [0, 0.1) is 0 Å². The Kier molecular flexibility index (Phi) is 6.00. The molecule has 0 amide bonds. The first kappa shape index (κ1) is 25.3. The molecule has 0 atom stereocenters. The molecule has 0 radical (unpaired) electrons. The summed E-state index contributed by atoms with van der Waals surface area (Å²) in [5.41, 5.74) is -0.674. The summed E-state index contributed by atoms with van der Waals surface area (Å²) in [5.74, 6) is 0. The van der Waals surface area contributed by atoms with Crippen LogP contribution in [0.1, 0.15) is 38.5 Å². The molecule has 30 heavy (non-hydrogen) atoms. The zero-order valence-corrected chi connectivity index (χ0v) is 25.9. The van der Waals surface area contributed by atoms with Gasteiger partial charge in [0.2, 0.25) is 0 Å². The maximum absolute atomic E-state index is 7.10. The molecule has 0 aromatic carbocycles. The van der Waals surface area contributed by atoms with Gasteiger partial charge in [0.25, 0.3) is 0 Å². The Hall–Kier alpha value is 0.708. The summed E-state index contributed by atoms with van der Waals surface area (Å²) in [4.78, 5) is 0. The Labute approximate surface area is 190 Å². The molecule has 4 bridgehead atoms. The van der Waals surface area contributed by atoms with Gasteiger partial charge >= 0.3 is 0 Å². The van der Waals surface area contributed by atoms with E-state index in [1.54, 1.807) is 0 Å². The lowest BCUT2D eigenvalue weighted by atomic mass is 9.48. The molecule has 4 nitrogen and oxygen atoms in total. The van der Waals surface area contributed by atoms with Crippen LogP contribution in [0.4, 0.5) is 0 Å². The van der Waals surface area contributed by atoms with Gasteiger partial charge in [-0.3, -0.25) is 0 Å². The van der Waals surface area contributed by atoms with Crippen molar-refractivity contribution in [2.24, 2.45) is 0 Å². The van der Waals surface area contributed by atoms with E-state index in [0.717, 1.165) is 38.5 Å². The van der Waals surface area contributed by atoms with Crippen LogP contribution < -0.4 is 0 Å². The standard InChI is InChI=1S/C22H48O4Si4/c1-27(2,3)23-19-13-20(24-28(4,5)6)16-21(14-19,25-29(7,8)9)18-22(15-19,17-20)26-30(10,11)12/h13-18H2,1-12H3. The van der Waals surface area contributed by atoms with Gasteiger partial charge in [-0.2, -0.15) is 0 Å². The molecule has 0 heterocycles. The van der Waals surface area contributed by atoms with Crippen LogP contribution in [0.2, 0.25) is 78.6 Å². The highest BCUT2D eigenvalue weighted by Gasteiger charge is 2.72. The van der Waals surface area contributed by atoms with E-state index in [0.29, 0.717) is 0 Å². The van der Waals surface area contributed by atoms with E-state index < -0.39 is 33.3 Å². The van der Waals surface area contributed by atoms with Crippen molar-refractivity contribution in [3.63, 3.8) is 0 Å². The summed E-state index contributed by atoms with van der Waals surface area (Å²) >= 11 is 0. The molecule has 0 spiro atoms. The molecule has 4 rings (SSSR count). The molecular formula is C22H48O4Si4. The average molecular weight is 489 g/mol. The van der Waals surface area contributed by atoms with Gasteiger partial charge in [0.15, 0.2) is 33.3 Å². The third kappa shape index (κ3) is 5.98. The van der Waals surface area contributed by atoms with E-state index in [9.17, 15) is 0 Å². The normalized spacial score (nSPS) is 39.6. The second-order valence-corrected chi connectivity index (χ2v) is 32.4. The fourth-order valence-electron chi connectivity index (χ4n) is 7.30. The minimum absolute atomic E-state index is 0.168. The van der Waals surface area contributed by atoms with Crippen LogP contribution in [0.15, 0.2) is 0 Å². The highest BCUT2D eigenvalue weighted by molar-refractivity contribution is 6.71. The summed E-state index contributed by atoms with van der Waals surface area (Å²) in [6.07, 6.45) is 6.10. The van der Waals surface area contributed by atoms with Crippen molar-refractivity contribution in [3.05, 3.63) is 0 Å². The molecule has 4 saturated carbocycles. The minimum Gasteiger partial charge on any atom is -0.412 e. The van der Waals surface area contributed by atoms with Crippen LogP contribution in [0.25, 0.3) is 0 Å². The predicted molar refractivity (Wildman–Crippen MR) is 136 cm³/mol. The number of rotatable bonds is 8. The zero-order valence-electron chi connectivity index (χ0n) is 21.9. The zero-order chi connectivity index (χ0) is 23.1. The van der Waals surface area contributed by atoms with Crippen LogP contribution in [0.3, 0.4) is 0 Å². The van der Waals surface area contributed by atoms with Gasteiger partial charge in [-0.05, 0) is 78.6 Å². The molecule has 0 saturated heterocycles. The van der Waals surface area contributed by atoms with Crippen molar-refractivity contribution in [2.45, 2.75) is 139 Å². The lowest BCUT2D eigenvalue weighted by Gasteiger charge is -2.71. The molecule has 0 unspecified atom stereocenters. The van der Waals surface area contributed by atoms with Crippen molar-refractivity contribution in [1.82, 2.24) is 0 Å². The monoisotopic (exact) mass is 488 g/mol. The maximum Gasteiger partial charge on any atom is 0.184 e. The molecule has 4 fully saturated rings. The van der Waals surface area contributed by atoms with E-state index in [4.69, 9.17) is 17.7 Å². The third-order valence-corrected chi connectivity index (χ3v) is 10.1. The van der Waals surface area contributed by atoms with E-state index in [1.165, 1.54) is 0 Å². The van der Waals surface area contributed by atoms with Crippen molar-refractivity contribution in [2.75, 3.05) is 0 Å². The first-order valence-electron chi connectivity index (χ1n) is 11.9. The summed E-state index contributed by atoms with van der Waals surface area (Å²) < 4.78 is 28.4. The minimum atomic E-state index is -1.75. The molecule has 176 valence electrons. The Morgan fingerprint density at radius 3 is 0.567 bits per heavy atom. The van der Waals surface area contributed by atoms with Gasteiger partial charge < -0.3 is 17.7 Å². The maximum atomic E-state index is 7.10. The average Bonchev–Trinajstić information content (AvgIpc) is 2.21. The summed E-state index contributed by atoms with van der Waals surface area (Å²) in [6.45, 7) is 27.9. The Bertz CT molecular complexity index is 517. The van der Waals surface area contributed by atoms with Crippen LogP contribution in [-0.2, 0) is 17.7 Å². The third-order valence-electron chi connectivity index (χ3n) is 5.96. The quantitative estimate of drug-likeness (QED) is 0.355. The first-order chi connectivity index (χ1) is 13.1. The van der Waals surface area contributed by atoms with E-state index >= 15 is 0 Å². The second-order valence-electron chi connectivity index (χ2n) is 14.7. The molecule has 4 aliphatic rings. The van der Waals surface area contributed by atoms with Crippen molar-refractivity contribution in [1.29, 1.82) is 0 Å². The Morgan fingerprint density at radius 2 is 0.467 bits per heavy atom. The van der Waals surface area contributed by atoms with Gasteiger partial charge in [-0.1, -0.05) is 0 Å². The molecular weight excluding hydrogens is 441 g/mol. The molecule has 4 aliphatic carbocycles. The van der Waals surface area contributed by atoms with Gasteiger partial charge in [-0.25, -0.2) is 0 Å². The SMILES string of the molecule is C[Si](C)(C)OC12CC3(O[Si](C)(C)C)CC(O[Si](C)(C)C)(C1)CC(O[Si](C)(C)C)(C2)C3. The van der Waals surface area contributed by atoms with Crippen molar-refractivity contribution >= 4 is 33.3 Å². The Balaban J connectivity index is 2.13. The van der Waals surface area contributed by atoms with E-state index in [-0.39, 0.29) is 22.4 Å². The summed E-state index contributed by atoms with van der Waals surface area (Å²) in [7, 11) is -7.00. The predicted octanol–water partition coefficient (Wildman–Crippen LogP) is 6.73. The molecule has 0 aliphatic heterocycles. The lowest BCUT2D eigenvalue weighted by molar-refractivity contribution is -0.278. The molecule has 8 heteroatoms. The van der Waals surface area contributed by atoms with Crippen molar-refractivity contribution in [3.8, 4) is 0 Å². The lowest BCUT2D eigenvalue weighted by Crippen LogP contribution is -2.77. The van der Waals surface area contributed by atoms with Gasteiger partial charge in [0, 0.05) is 38.5 Å². The van der Waals surface area contributed by atoms with E-state index in [1.807, 2.05) is 0 Å². The smallest absolute Gasteiger partial charge is 0.184 e. The number of hydrogen-bond donors (Lipinski definition) is 0. The van der Waals surface area contributed by atoms with Crippen LogP contribution in [-0.4, -0.2) is 55.7 Å². The highest BCUT2D eigenvalue weighted by Crippen LogP contribution is 2.67. The fraction of sp³-hybridized carbons (Fsp3) is 1.00. The fourth-order valence-corrected chi connectivity index (χ4v) is 13.4. The van der Waals surface area contributed by atoms with Gasteiger partial charge in [-0.15, -0.1) is 0 Å². The topological polar surface area (TPSA) is 36.9 Å². The second kappa shape index (κ2) is 7.10. The van der Waals surface area contributed by atoms with Gasteiger partial charge in [0.05, 0.1) is 22.4 Å². The molecule has 0 aromatic rings. The summed E-state index contributed by atoms with van der Waals surface area (Å²) in [6, 6.07) is 0.